The predicted octanol–water partition coefficient (Wildman–Crippen LogP) is 6.75. The molecule has 1 N–H and O–H groups in total. The number of hydrogen-bond acceptors (Lipinski definition) is 5. The van der Waals surface area contributed by atoms with E-state index in [2.05, 4.69) is 24.3 Å². The van der Waals surface area contributed by atoms with Crippen LogP contribution in [-0.2, 0) is 17.9 Å². The van der Waals surface area contributed by atoms with Gasteiger partial charge in [0, 0.05) is 17.9 Å². The first-order chi connectivity index (χ1) is 20.6. The third-order valence-electron chi connectivity index (χ3n) is 7.27. The van der Waals surface area contributed by atoms with Crippen LogP contribution in [0.2, 0.25) is 0 Å². The van der Waals surface area contributed by atoms with Crippen molar-refractivity contribution in [3.05, 3.63) is 148 Å². The predicted molar refractivity (Wildman–Crippen MR) is 163 cm³/mol. The van der Waals surface area contributed by atoms with E-state index >= 15 is 0 Å². The fourth-order valence-electron chi connectivity index (χ4n) is 5.22. The summed E-state index contributed by atoms with van der Waals surface area (Å²) in [7, 11) is 1.63. The molecule has 0 spiro atoms. The standard InChI is InChI=1S/C35H36N2O5/c1-3-32(37-24-31(38)36(35(37)39)22-23-41-25-26-14-7-4-8-15-26)42-30-21-13-20-29(34(30)40-2)33(27-16-9-5-10-17-27)28-18-11-6-12-19-28/h4-21,24,32-33,38H,3,22-23,25H2,1-2H3. The maximum absolute atomic E-state index is 13.3. The van der Waals surface area contributed by atoms with Crippen LogP contribution in [0.3, 0.4) is 0 Å². The van der Waals surface area contributed by atoms with E-state index in [1.165, 1.54) is 15.3 Å². The Hall–Kier alpha value is -4.75. The summed E-state index contributed by atoms with van der Waals surface area (Å²) >= 11 is 0. The Balaban J connectivity index is 1.40. The first-order valence-electron chi connectivity index (χ1n) is 14.2. The van der Waals surface area contributed by atoms with Crippen LogP contribution in [0.5, 0.6) is 17.4 Å². The number of ether oxygens (including phenoxy) is 3. The molecule has 0 saturated carbocycles. The average molecular weight is 565 g/mol. The van der Waals surface area contributed by atoms with E-state index in [0.29, 0.717) is 24.5 Å². The molecule has 5 aromatic rings. The van der Waals surface area contributed by atoms with Crippen molar-refractivity contribution in [1.29, 1.82) is 0 Å². The number of aromatic hydroxyl groups is 1. The quantitative estimate of drug-likeness (QED) is 0.127. The largest absolute Gasteiger partial charge is 0.493 e. The van der Waals surface area contributed by atoms with Crippen LogP contribution in [0.25, 0.3) is 0 Å². The lowest BCUT2D eigenvalue weighted by Gasteiger charge is -2.25. The van der Waals surface area contributed by atoms with Gasteiger partial charge in [0.05, 0.1) is 33.1 Å². The smallest absolute Gasteiger partial charge is 0.334 e. The second kappa shape index (κ2) is 13.7. The minimum Gasteiger partial charge on any atom is -0.493 e. The van der Waals surface area contributed by atoms with Crippen molar-refractivity contribution >= 4 is 0 Å². The van der Waals surface area contributed by atoms with Crippen LogP contribution in [0.15, 0.2) is 120 Å². The van der Waals surface area contributed by atoms with Crippen molar-refractivity contribution in [2.24, 2.45) is 0 Å². The number of para-hydroxylation sites is 1. The molecule has 7 heteroatoms. The van der Waals surface area contributed by atoms with E-state index < -0.39 is 6.23 Å². The minimum absolute atomic E-state index is 0.0882. The monoisotopic (exact) mass is 564 g/mol. The van der Waals surface area contributed by atoms with Crippen molar-refractivity contribution < 1.29 is 19.3 Å². The van der Waals surface area contributed by atoms with E-state index in [-0.39, 0.29) is 30.6 Å². The fourth-order valence-corrected chi connectivity index (χ4v) is 5.22. The van der Waals surface area contributed by atoms with Gasteiger partial charge in [-0.1, -0.05) is 110 Å². The summed E-state index contributed by atoms with van der Waals surface area (Å²) < 4.78 is 20.9. The number of hydrogen-bond donors (Lipinski definition) is 1. The number of methoxy groups -OCH3 is 1. The molecular formula is C35H36N2O5. The molecule has 5 rings (SSSR count). The molecule has 0 saturated heterocycles. The molecule has 1 aromatic heterocycles. The van der Waals surface area contributed by atoms with E-state index in [9.17, 15) is 9.90 Å². The highest BCUT2D eigenvalue weighted by Crippen LogP contribution is 2.42. The molecule has 42 heavy (non-hydrogen) atoms. The van der Waals surface area contributed by atoms with Crippen LogP contribution >= 0.6 is 0 Å². The number of benzene rings is 4. The lowest BCUT2D eigenvalue weighted by Crippen LogP contribution is -2.30. The molecule has 0 aliphatic rings. The summed E-state index contributed by atoms with van der Waals surface area (Å²) in [5.74, 6) is 0.887. The molecule has 0 fully saturated rings. The Bertz CT molecular complexity index is 1570. The second-order valence-electron chi connectivity index (χ2n) is 9.98. The zero-order chi connectivity index (χ0) is 29.3. The summed E-state index contributed by atoms with van der Waals surface area (Å²) in [4.78, 5) is 13.3. The summed E-state index contributed by atoms with van der Waals surface area (Å²) in [6.45, 7) is 2.86. The molecular weight excluding hydrogens is 528 g/mol. The van der Waals surface area contributed by atoms with E-state index in [4.69, 9.17) is 14.2 Å². The molecule has 0 aliphatic heterocycles. The molecule has 216 valence electrons. The Kier molecular flexibility index (Phi) is 9.41. The minimum atomic E-state index is -0.661. The number of imidazole rings is 1. The van der Waals surface area contributed by atoms with Crippen molar-refractivity contribution in [2.75, 3.05) is 13.7 Å². The van der Waals surface area contributed by atoms with Crippen LogP contribution in [0.4, 0.5) is 0 Å². The topological polar surface area (TPSA) is 74.8 Å². The van der Waals surface area contributed by atoms with Gasteiger partial charge in [-0.15, -0.1) is 0 Å². The first-order valence-corrected chi connectivity index (χ1v) is 14.2. The summed E-state index contributed by atoms with van der Waals surface area (Å²) in [5.41, 5.74) is 3.87. The van der Waals surface area contributed by atoms with Crippen LogP contribution in [-0.4, -0.2) is 28.0 Å². The van der Waals surface area contributed by atoms with Gasteiger partial charge in [0.25, 0.3) is 0 Å². The van der Waals surface area contributed by atoms with Gasteiger partial charge in [0.2, 0.25) is 5.88 Å². The summed E-state index contributed by atoms with van der Waals surface area (Å²) in [6.07, 6.45) is 1.24. The lowest BCUT2D eigenvalue weighted by molar-refractivity contribution is 0.107. The van der Waals surface area contributed by atoms with Gasteiger partial charge in [-0.25, -0.2) is 4.79 Å². The SMILES string of the molecule is CCC(Oc1cccc(C(c2ccccc2)c2ccccc2)c1OC)n1cc(O)n(CCOCc2ccccc2)c1=O. The number of nitrogens with zero attached hydrogens (tertiary/aromatic N) is 2. The zero-order valence-electron chi connectivity index (χ0n) is 23.9. The Morgan fingerprint density at radius 3 is 2.02 bits per heavy atom. The molecule has 0 amide bonds. The normalized spacial score (nSPS) is 11.9. The van der Waals surface area contributed by atoms with Crippen LogP contribution in [0, 0.1) is 0 Å². The number of rotatable bonds is 13. The average Bonchev–Trinajstić information content (AvgIpc) is 3.32. The van der Waals surface area contributed by atoms with Gasteiger partial charge in [0.1, 0.15) is 0 Å². The molecule has 0 radical (unpaired) electrons. The second-order valence-corrected chi connectivity index (χ2v) is 9.98. The van der Waals surface area contributed by atoms with Gasteiger partial charge in [-0.2, -0.15) is 0 Å². The van der Waals surface area contributed by atoms with Crippen LogP contribution in [0.1, 0.15) is 47.7 Å². The molecule has 4 aromatic carbocycles. The van der Waals surface area contributed by atoms with Crippen molar-refractivity contribution in [3.8, 4) is 17.4 Å². The first kappa shape index (κ1) is 28.8. The molecule has 0 bridgehead atoms. The molecule has 1 heterocycles. The maximum atomic E-state index is 13.3. The van der Waals surface area contributed by atoms with Gasteiger partial charge in [-0.05, 0) is 22.8 Å². The van der Waals surface area contributed by atoms with E-state index in [1.54, 1.807) is 7.11 Å². The lowest BCUT2D eigenvalue weighted by atomic mass is 9.84. The highest BCUT2D eigenvalue weighted by molar-refractivity contribution is 5.55. The summed E-state index contributed by atoms with van der Waals surface area (Å²) in [6, 6.07) is 36.2. The zero-order valence-corrected chi connectivity index (χ0v) is 23.9. The molecule has 1 atom stereocenters. The highest BCUT2D eigenvalue weighted by Gasteiger charge is 2.25. The third-order valence-corrected chi connectivity index (χ3v) is 7.27. The van der Waals surface area contributed by atoms with Crippen molar-refractivity contribution in [3.63, 3.8) is 0 Å². The Morgan fingerprint density at radius 2 is 1.43 bits per heavy atom. The molecule has 7 nitrogen and oxygen atoms in total. The Morgan fingerprint density at radius 1 is 0.810 bits per heavy atom. The van der Waals surface area contributed by atoms with Gasteiger partial charge < -0.3 is 19.3 Å². The van der Waals surface area contributed by atoms with E-state index in [0.717, 1.165) is 22.3 Å². The number of aromatic nitrogens is 2. The molecule has 1 unspecified atom stereocenters. The Labute approximate surface area is 246 Å². The van der Waals surface area contributed by atoms with Gasteiger partial charge in [-0.3, -0.25) is 9.13 Å². The van der Waals surface area contributed by atoms with Crippen molar-refractivity contribution in [1.82, 2.24) is 9.13 Å². The van der Waals surface area contributed by atoms with Crippen LogP contribution < -0.4 is 15.2 Å². The van der Waals surface area contributed by atoms with Gasteiger partial charge in [0.15, 0.2) is 17.7 Å². The fraction of sp³-hybridized carbons (Fsp3) is 0.229. The van der Waals surface area contributed by atoms with E-state index in [1.807, 2.05) is 91.9 Å². The third kappa shape index (κ3) is 6.42. The summed E-state index contributed by atoms with van der Waals surface area (Å²) in [5, 5.41) is 10.6. The van der Waals surface area contributed by atoms with Crippen molar-refractivity contribution in [2.45, 2.75) is 38.6 Å². The van der Waals surface area contributed by atoms with Gasteiger partial charge >= 0.3 is 5.69 Å². The highest BCUT2D eigenvalue weighted by atomic mass is 16.5. The maximum Gasteiger partial charge on any atom is 0.334 e. The molecule has 0 aliphatic carbocycles.